The van der Waals surface area contributed by atoms with Crippen LogP contribution in [0.3, 0.4) is 0 Å². The van der Waals surface area contributed by atoms with E-state index in [-0.39, 0.29) is 5.60 Å². The van der Waals surface area contributed by atoms with Gasteiger partial charge in [-0.25, -0.2) is 0 Å². The van der Waals surface area contributed by atoms with Gasteiger partial charge in [0, 0.05) is 38.3 Å². The Morgan fingerprint density at radius 3 is 2.85 bits per heavy atom. The van der Waals surface area contributed by atoms with Crippen LogP contribution in [-0.2, 0) is 11.3 Å². The van der Waals surface area contributed by atoms with Gasteiger partial charge in [-0.05, 0) is 26.3 Å². The minimum absolute atomic E-state index is 0.156. The minimum Gasteiger partial charge on any atom is -0.492 e. The quantitative estimate of drug-likeness (QED) is 0.895. The monoisotopic (exact) mass is 278 g/mol. The summed E-state index contributed by atoms with van der Waals surface area (Å²) in [5.74, 6) is 0.997. The molecule has 0 fully saturated rings. The third-order valence-corrected chi connectivity index (χ3v) is 4.05. The molecule has 1 aromatic rings. The molecular weight excluding hydrogens is 252 g/mol. The highest BCUT2D eigenvalue weighted by molar-refractivity contribution is 5.33. The van der Waals surface area contributed by atoms with Crippen LogP contribution >= 0.6 is 0 Å². The van der Waals surface area contributed by atoms with Crippen LogP contribution in [0.15, 0.2) is 24.3 Å². The predicted molar refractivity (Wildman–Crippen MR) is 80.9 cm³/mol. The van der Waals surface area contributed by atoms with E-state index in [1.165, 1.54) is 5.56 Å². The Hall–Kier alpha value is -1.10. The predicted octanol–water partition coefficient (Wildman–Crippen LogP) is 2.02. The Morgan fingerprint density at radius 1 is 1.40 bits per heavy atom. The van der Waals surface area contributed by atoms with Crippen LogP contribution < -0.4 is 10.5 Å². The van der Waals surface area contributed by atoms with Crippen molar-refractivity contribution in [3.8, 4) is 5.75 Å². The first-order chi connectivity index (χ1) is 9.55. The van der Waals surface area contributed by atoms with Gasteiger partial charge in [0.2, 0.25) is 0 Å². The number of para-hydroxylation sites is 1. The second-order valence-corrected chi connectivity index (χ2v) is 5.98. The molecule has 1 atom stereocenters. The molecule has 2 N–H and O–H groups in total. The van der Waals surface area contributed by atoms with E-state index in [1.54, 1.807) is 7.11 Å². The summed E-state index contributed by atoms with van der Waals surface area (Å²) < 4.78 is 11.4. The molecule has 1 unspecified atom stereocenters. The molecule has 1 aliphatic rings. The second-order valence-electron chi connectivity index (χ2n) is 5.98. The Balaban J connectivity index is 2.11. The molecule has 1 aliphatic heterocycles. The highest BCUT2D eigenvalue weighted by atomic mass is 16.5. The van der Waals surface area contributed by atoms with Gasteiger partial charge in [-0.15, -0.1) is 0 Å². The molecule has 1 heterocycles. The molecule has 0 bridgehead atoms. The summed E-state index contributed by atoms with van der Waals surface area (Å²) in [6.07, 6.45) is 0.919. The Labute approximate surface area is 121 Å². The fourth-order valence-corrected chi connectivity index (χ4v) is 2.67. The van der Waals surface area contributed by atoms with Gasteiger partial charge in [0.1, 0.15) is 12.4 Å². The second kappa shape index (κ2) is 6.57. The van der Waals surface area contributed by atoms with Crippen molar-refractivity contribution in [3.63, 3.8) is 0 Å². The van der Waals surface area contributed by atoms with Crippen LogP contribution in [0.5, 0.6) is 5.75 Å². The van der Waals surface area contributed by atoms with Crippen molar-refractivity contribution in [3.05, 3.63) is 29.8 Å². The minimum atomic E-state index is -0.156. The Bertz CT molecular complexity index is 434. The van der Waals surface area contributed by atoms with Crippen molar-refractivity contribution < 1.29 is 9.47 Å². The summed E-state index contributed by atoms with van der Waals surface area (Å²) in [6.45, 7) is 7.35. The van der Waals surface area contributed by atoms with E-state index in [1.807, 2.05) is 12.1 Å². The highest BCUT2D eigenvalue weighted by Gasteiger charge is 2.28. The zero-order valence-electron chi connectivity index (χ0n) is 12.8. The highest BCUT2D eigenvalue weighted by Crippen LogP contribution is 2.26. The summed E-state index contributed by atoms with van der Waals surface area (Å²) in [6, 6.07) is 8.54. The first-order valence-corrected chi connectivity index (χ1v) is 7.26. The number of hydrogen-bond acceptors (Lipinski definition) is 4. The van der Waals surface area contributed by atoms with E-state index in [2.05, 4.69) is 30.9 Å². The number of fused-ring (bicyclic) bond motifs is 1. The van der Waals surface area contributed by atoms with E-state index in [9.17, 15) is 0 Å². The van der Waals surface area contributed by atoms with Crippen LogP contribution in [0.1, 0.15) is 25.8 Å². The molecule has 0 spiro atoms. The lowest BCUT2D eigenvalue weighted by atomic mass is 9.97. The first kappa shape index (κ1) is 15.3. The van der Waals surface area contributed by atoms with Crippen molar-refractivity contribution in [2.45, 2.75) is 38.5 Å². The van der Waals surface area contributed by atoms with Crippen molar-refractivity contribution in [2.24, 2.45) is 5.73 Å². The molecule has 0 aliphatic carbocycles. The van der Waals surface area contributed by atoms with Crippen LogP contribution in [0, 0.1) is 0 Å². The van der Waals surface area contributed by atoms with Gasteiger partial charge in [-0.1, -0.05) is 18.2 Å². The van der Waals surface area contributed by atoms with E-state index < -0.39 is 0 Å². The summed E-state index contributed by atoms with van der Waals surface area (Å²) in [5, 5.41) is 0. The number of rotatable bonds is 5. The van der Waals surface area contributed by atoms with E-state index in [4.69, 9.17) is 15.2 Å². The van der Waals surface area contributed by atoms with Crippen molar-refractivity contribution >= 4 is 0 Å². The molecule has 0 radical (unpaired) electrons. The number of methoxy groups -OCH3 is 1. The SMILES string of the molecule is COC(C)(C)CC(CN)N1CCOc2ccccc2C1. The summed E-state index contributed by atoms with van der Waals surface area (Å²) in [7, 11) is 1.76. The largest absolute Gasteiger partial charge is 0.492 e. The van der Waals surface area contributed by atoms with Gasteiger partial charge < -0.3 is 15.2 Å². The Morgan fingerprint density at radius 2 is 2.15 bits per heavy atom. The van der Waals surface area contributed by atoms with Gasteiger partial charge in [0.05, 0.1) is 5.60 Å². The van der Waals surface area contributed by atoms with Gasteiger partial charge in [-0.3, -0.25) is 4.90 Å². The average Bonchev–Trinajstić information content (AvgIpc) is 2.67. The zero-order chi connectivity index (χ0) is 14.6. The molecule has 0 saturated carbocycles. The van der Waals surface area contributed by atoms with E-state index >= 15 is 0 Å². The maximum absolute atomic E-state index is 6.00. The fourth-order valence-electron chi connectivity index (χ4n) is 2.67. The maximum atomic E-state index is 6.00. The topological polar surface area (TPSA) is 47.7 Å². The standard InChI is InChI=1S/C16H26N2O2/c1-16(2,19-3)10-14(11-17)18-8-9-20-15-7-5-4-6-13(15)12-18/h4-7,14H,8-12,17H2,1-3H3. The van der Waals surface area contributed by atoms with Gasteiger partial charge in [0.15, 0.2) is 0 Å². The summed E-state index contributed by atoms with van der Waals surface area (Å²) in [5.41, 5.74) is 7.08. The maximum Gasteiger partial charge on any atom is 0.123 e. The normalized spacial score (nSPS) is 18.0. The summed E-state index contributed by atoms with van der Waals surface area (Å²) >= 11 is 0. The third-order valence-electron chi connectivity index (χ3n) is 4.05. The zero-order valence-corrected chi connectivity index (χ0v) is 12.8. The molecule has 112 valence electrons. The molecule has 4 heteroatoms. The summed E-state index contributed by atoms with van der Waals surface area (Å²) in [4.78, 5) is 2.41. The lowest BCUT2D eigenvalue weighted by molar-refractivity contribution is -0.00934. The van der Waals surface area contributed by atoms with Crippen molar-refractivity contribution in [2.75, 3.05) is 26.8 Å². The molecule has 0 aromatic heterocycles. The third kappa shape index (κ3) is 3.72. The molecule has 2 rings (SSSR count). The van der Waals surface area contributed by atoms with Crippen LogP contribution in [0.4, 0.5) is 0 Å². The molecular formula is C16H26N2O2. The van der Waals surface area contributed by atoms with Gasteiger partial charge in [-0.2, -0.15) is 0 Å². The number of nitrogens with zero attached hydrogens (tertiary/aromatic N) is 1. The molecule has 4 nitrogen and oxygen atoms in total. The van der Waals surface area contributed by atoms with Crippen molar-refractivity contribution in [1.29, 1.82) is 0 Å². The Kier molecular flexibility index (Phi) is 5.02. The van der Waals surface area contributed by atoms with Crippen LogP contribution in [0.25, 0.3) is 0 Å². The molecule has 0 amide bonds. The lowest BCUT2D eigenvalue weighted by Crippen LogP contribution is -2.45. The van der Waals surface area contributed by atoms with Crippen molar-refractivity contribution in [1.82, 2.24) is 4.90 Å². The van der Waals surface area contributed by atoms with Gasteiger partial charge in [0.25, 0.3) is 0 Å². The smallest absolute Gasteiger partial charge is 0.123 e. The number of ether oxygens (including phenoxy) is 2. The van der Waals surface area contributed by atoms with Crippen LogP contribution in [0.2, 0.25) is 0 Å². The molecule has 20 heavy (non-hydrogen) atoms. The van der Waals surface area contributed by atoms with E-state index in [0.29, 0.717) is 19.2 Å². The van der Waals surface area contributed by atoms with Crippen LogP contribution in [-0.4, -0.2) is 43.3 Å². The lowest BCUT2D eigenvalue weighted by Gasteiger charge is -2.35. The van der Waals surface area contributed by atoms with E-state index in [0.717, 1.165) is 25.3 Å². The number of nitrogens with two attached hydrogens (primary N) is 1. The molecule has 1 aromatic carbocycles. The fraction of sp³-hybridized carbons (Fsp3) is 0.625. The number of benzene rings is 1. The first-order valence-electron chi connectivity index (χ1n) is 7.26. The average molecular weight is 278 g/mol. The number of hydrogen-bond donors (Lipinski definition) is 1. The molecule has 0 saturated heterocycles. The van der Waals surface area contributed by atoms with Gasteiger partial charge >= 0.3 is 0 Å².